The highest BCUT2D eigenvalue weighted by Crippen LogP contribution is 2.46. The van der Waals surface area contributed by atoms with Crippen molar-refractivity contribution in [2.75, 3.05) is 21.1 Å². The Kier molecular flexibility index (Phi) is 4.03. The van der Waals surface area contributed by atoms with Crippen molar-refractivity contribution in [3.63, 3.8) is 0 Å². The van der Waals surface area contributed by atoms with Crippen molar-refractivity contribution in [3.05, 3.63) is 35.9 Å². The van der Waals surface area contributed by atoms with Crippen LogP contribution in [0.2, 0.25) is 0 Å². The Bertz CT molecular complexity index is 485. The van der Waals surface area contributed by atoms with Crippen LogP contribution >= 0.6 is 0 Å². The van der Waals surface area contributed by atoms with E-state index in [2.05, 4.69) is 19.0 Å². The minimum absolute atomic E-state index is 0.171. The molecule has 1 amide bonds. The fraction of sp³-hybridized carbons (Fsp3) is 0.611. The van der Waals surface area contributed by atoms with Crippen LogP contribution in [0, 0.1) is 11.8 Å². The van der Waals surface area contributed by atoms with Crippen LogP contribution in [0.1, 0.15) is 36.0 Å². The zero-order chi connectivity index (χ0) is 15.0. The van der Waals surface area contributed by atoms with Crippen molar-refractivity contribution < 1.29 is 4.79 Å². The molecule has 2 unspecified atom stereocenters. The number of hydrogen-bond acceptors (Lipinski definition) is 2. The zero-order valence-corrected chi connectivity index (χ0v) is 13.3. The standard InChI is InChI=1S/C18H26N2O/c1-19(2)16-9-14-11-17(12-15(14)10-16)20(3)18(21)13-7-5-4-6-8-13/h4-8,14-17H,9-12H2,1-3H3/t14-,15+,16?,17?. The lowest BCUT2D eigenvalue weighted by Crippen LogP contribution is -2.36. The average molecular weight is 286 g/mol. The number of amides is 1. The van der Waals surface area contributed by atoms with Crippen molar-refractivity contribution in [1.82, 2.24) is 9.80 Å². The molecule has 21 heavy (non-hydrogen) atoms. The molecule has 0 radical (unpaired) electrons. The van der Waals surface area contributed by atoms with E-state index in [1.165, 1.54) is 25.7 Å². The molecule has 2 aliphatic rings. The summed E-state index contributed by atoms with van der Waals surface area (Å²) in [4.78, 5) is 16.9. The number of hydrogen-bond donors (Lipinski definition) is 0. The molecule has 3 rings (SSSR count). The molecule has 114 valence electrons. The van der Waals surface area contributed by atoms with Gasteiger partial charge in [-0.3, -0.25) is 4.79 Å². The van der Waals surface area contributed by atoms with Gasteiger partial charge in [0.05, 0.1) is 0 Å². The van der Waals surface area contributed by atoms with Crippen LogP contribution in [0.3, 0.4) is 0 Å². The van der Waals surface area contributed by atoms with Gasteiger partial charge in [-0.1, -0.05) is 18.2 Å². The van der Waals surface area contributed by atoms with E-state index in [1.807, 2.05) is 42.3 Å². The van der Waals surface area contributed by atoms with Gasteiger partial charge >= 0.3 is 0 Å². The molecule has 0 saturated heterocycles. The van der Waals surface area contributed by atoms with Gasteiger partial charge in [0, 0.05) is 24.7 Å². The minimum Gasteiger partial charge on any atom is -0.339 e. The van der Waals surface area contributed by atoms with Crippen LogP contribution in [0.5, 0.6) is 0 Å². The highest BCUT2D eigenvalue weighted by atomic mass is 16.2. The third-order valence-corrected chi connectivity index (χ3v) is 5.59. The van der Waals surface area contributed by atoms with Crippen LogP contribution in [-0.2, 0) is 0 Å². The Labute approximate surface area is 127 Å². The maximum atomic E-state index is 12.5. The summed E-state index contributed by atoms with van der Waals surface area (Å²) in [5, 5.41) is 0. The molecule has 0 spiro atoms. The van der Waals surface area contributed by atoms with Crippen LogP contribution in [0.15, 0.2) is 30.3 Å². The Morgan fingerprint density at radius 2 is 1.43 bits per heavy atom. The molecular formula is C18H26N2O. The lowest BCUT2D eigenvalue weighted by molar-refractivity contribution is 0.0726. The molecule has 0 aliphatic heterocycles. The summed E-state index contributed by atoms with van der Waals surface area (Å²) < 4.78 is 0. The Hall–Kier alpha value is -1.35. The second-order valence-corrected chi connectivity index (χ2v) is 7.02. The van der Waals surface area contributed by atoms with Crippen molar-refractivity contribution >= 4 is 5.91 Å². The zero-order valence-electron chi connectivity index (χ0n) is 13.3. The SMILES string of the molecule is CN(C)C1C[C@@H]2CC(N(C)C(=O)c3ccccc3)C[C@@H]2C1. The molecule has 2 aliphatic carbocycles. The molecule has 0 N–H and O–H groups in total. The van der Waals surface area contributed by atoms with Crippen molar-refractivity contribution in [1.29, 1.82) is 0 Å². The highest BCUT2D eigenvalue weighted by Gasteiger charge is 2.44. The normalized spacial score (nSPS) is 31.4. The predicted molar refractivity (Wildman–Crippen MR) is 85.2 cm³/mol. The molecule has 3 heteroatoms. The largest absolute Gasteiger partial charge is 0.339 e. The van der Waals surface area contributed by atoms with Gasteiger partial charge in [-0.05, 0) is 63.7 Å². The van der Waals surface area contributed by atoms with Gasteiger partial charge < -0.3 is 9.80 Å². The van der Waals surface area contributed by atoms with E-state index in [9.17, 15) is 4.79 Å². The minimum atomic E-state index is 0.171. The van der Waals surface area contributed by atoms with E-state index >= 15 is 0 Å². The first-order valence-electron chi connectivity index (χ1n) is 8.05. The molecule has 2 fully saturated rings. The average Bonchev–Trinajstić information content (AvgIpc) is 3.05. The monoisotopic (exact) mass is 286 g/mol. The Morgan fingerprint density at radius 3 is 1.95 bits per heavy atom. The second kappa shape index (κ2) is 5.80. The smallest absolute Gasteiger partial charge is 0.253 e. The summed E-state index contributed by atoms with van der Waals surface area (Å²) in [6, 6.07) is 10.8. The Morgan fingerprint density at radius 1 is 0.905 bits per heavy atom. The molecule has 0 aromatic heterocycles. The van der Waals surface area contributed by atoms with Gasteiger partial charge in [-0.15, -0.1) is 0 Å². The summed E-state index contributed by atoms with van der Waals surface area (Å²) in [5.41, 5.74) is 0.809. The Balaban J connectivity index is 1.62. The van der Waals surface area contributed by atoms with Crippen molar-refractivity contribution in [2.24, 2.45) is 11.8 Å². The summed E-state index contributed by atoms with van der Waals surface area (Å²) in [6.07, 6.45) is 4.98. The van der Waals surface area contributed by atoms with E-state index in [-0.39, 0.29) is 5.91 Å². The van der Waals surface area contributed by atoms with Gasteiger partial charge in [0.15, 0.2) is 0 Å². The van der Waals surface area contributed by atoms with Gasteiger partial charge in [0.1, 0.15) is 0 Å². The summed E-state index contributed by atoms with van der Waals surface area (Å²) >= 11 is 0. The van der Waals surface area contributed by atoms with Gasteiger partial charge in [0.25, 0.3) is 5.91 Å². The molecule has 0 heterocycles. The van der Waals surface area contributed by atoms with E-state index in [1.54, 1.807) is 0 Å². The highest BCUT2D eigenvalue weighted by molar-refractivity contribution is 5.94. The first-order chi connectivity index (χ1) is 10.1. The fourth-order valence-electron chi connectivity index (χ4n) is 4.24. The lowest BCUT2D eigenvalue weighted by Gasteiger charge is -2.27. The maximum absolute atomic E-state index is 12.5. The number of fused-ring (bicyclic) bond motifs is 1. The van der Waals surface area contributed by atoms with Crippen LogP contribution in [-0.4, -0.2) is 48.9 Å². The number of rotatable bonds is 3. The van der Waals surface area contributed by atoms with Gasteiger partial charge in [0.2, 0.25) is 0 Å². The molecule has 1 aromatic carbocycles. The first-order valence-corrected chi connectivity index (χ1v) is 8.05. The molecule has 1 aromatic rings. The quantitative estimate of drug-likeness (QED) is 0.853. The van der Waals surface area contributed by atoms with Gasteiger partial charge in [-0.2, -0.15) is 0 Å². The summed E-state index contributed by atoms with van der Waals surface area (Å²) in [7, 11) is 6.35. The maximum Gasteiger partial charge on any atom is 0.253 e. The van der Waals surface area contributed by atoms with E-state index < -0.39 is 0 Å². The molecule has 3 nitrogen and oxygen atoms in total. The van der Waals surface area contributed by atoms with Crippen LogP contribution in [0.25, 0.3) is 0 Å². The van der Waals surface area contributed by atoms with Crippen LogP contribution < -0.4 is 0 Å². The predicted octanol–water partition coefficient (Wildman–Crippen LogP) is 2.88. The molecule has 0 bridgehead atoms. The lowest BCUT2D eigenvalue weighted by atomic mass is 10.0. The van der Waals surface area contributed by atoms with E-state index in [0.29, 0.717) is 6.04 Å². The number of carbonyl (C=O) groups is 1. The van der Waals surface area contributed by atoms with E-state index in [4.69, 9.17) is 0 Å². The third kappa shape index (κ3) is 2.84. The number of nitrogens with zero attached hydrogens (tertiary/aromatic N) is 2. The topological polar surface area (TPSA) is 23.6 Å². The van der Waals surface area contributed by atoms with Crippen LogP contribution in [0.4, 0.5) is 0 Å². The fourth-order valence-corrected chi connectivity index (χ4v) is 4.24. The molecule has 2 saturated carbocycles. The van der Waals surface area contributed by atoms with Crippen molar-refractivity contribution in [2.45, 2.75) is 37.8 Å². The van der Waals surface area contributed by atoms with Gasteiger partial charge in [-0.25, -0.2) is 0 Å². The third-order valence-electron chi connectivity index (χ3n) is 5.59. The summed E-state index contributed by atoms with van der Waals surface area (Å²) in [6.45, 7) is 0. The van der Waals surface area contributed by atoms with Crippen molar-refractivity contribution in [3.8, 4) is 0 Å². The van der Waals surface area contributed by atoms with E-state index in [0.717, 1.165) is 23.4 Å². The molecular weight excluding hydrogens is 260 g/mol. The molecule has 4 atom stereocenters. The first kappa shape index (κ1) is 14.6. The number of benzene rings is 1. The second-order valence-electron chi connectivity index (χ2n) is 7.02. The summed E-state index contributed by atoms with van der Waals surface area (Å²) in [5.74, 6) is 1.80. The number of carbonyl (C=O) groups excluding carboxylic acids is 1.